The highest BCUT2D eigenvalue weighted by Gasteiger charge is 2.19. The van der Waals surface area contributed by atoms with Crippen LogP contribution in [0.1, 0.15) is 50.7 Å². The van der Waals surface area contributed by atoms with E-state index in [0.29, 0.717) is 11.5 Å². The van der Waals surface area contributed by atoms with Gasteiger partial charge in [-0.1, -0.05) is 6.07 Å². The molecule has 21 heavy (non-hydrogen) atoms. The van der Waals surface area contributed by atoms with E-state index in [1.165, 1.54) is 0 Å². The first-order valence-electron chi connectivity index (χ1n) is 7.01. The second-order valence-corrected chi connectivity index (χ2v) is 6.17. The van der Waals surface area contributed by atoms with Crippen LogP contribution in [0, 0.1) is 18.3 Å². The summed E-state index contributed by atoms with van der Waals surface area (Å²) >= 11 is 0. The van der Waals surface area contributed by atoms with Gasteiger partial charge in [0.1, 0.15) is 17.6 Å². The van der Waals surface area contributed by atoms with E-state index < -0.39 is 0 Å². The van der Waals surface area contributed by atoms with Crippen molar-refractivity contribution in [1.29, 1.82) is 5.26 Å². The highest BCUT2D eigenvalue weighted by molar-refractivity contribution is 5.41. The third-order valence-corrected chi connectivity index (χ3v) is 3.32. The van der Waals surface area contributed by atoms with Gasteiger partial charge in [-0.05, 0) is 46.8 Å². The first-order valence-corrected chi connectivity index (χ1v) is 7.01. The van der Waals surface area contributed by atoms with E-state index in [0.717, 1.165) is 11.3 Å². The Morgan fingerprint density at radius 2 is 2.05 bits per heavy atom. The standard InChI is InChI=1S/C16H21N5/c1-11(18-15-8-6-7-13(9-17)19-15)14-10-21(16(3,4)5)20-12(14)2/h6-8,10-11H,1-5H3,(H,18,19). The molecular formula is C16H21N5. The molecular weight excluding hydrogens is 262 g/mol. The van der Waals surface area contributed by atoms with Crippen molar-refractivity contribution in [3.05, 3.63) is 41.3 Å². The summed E-state index contributed by atoms with van der Waals surface area (Å²) < 4.78 is 1.98. The van der Waals surface area contributed by atoms with E-state index in [2.05, 4.69) is 49.3 Å². The van der Waals surface area contributed by atoms with Crippen LogP contribution >= 0.6 is 0 Å². The lowest BCUT2D eigenvalue weighted by molar-refractivity contribution is 0.354. The van der Waals surface area contributed by atoms with Crippen molar-refractivity contribution in [2.75, 3.05) is 5.32 Å². The van der Waals surface area contributed by atoms with Gasteiger partial charge in [0, 0.05) is 11.8 Å². The average molecular weight is 283 g/mol. The Morgan fingerprint density at radius 1 is 1.33 bits per heavy atom. The monoisotopic (exact) mass is 283 g/mol. The third-order valence-electron chi connectivity index (χ3n) is 3.32. The van der Waals surface area contributed by atoms with Crippen LogP contribution in [0.4, 0.5) is 5.82 Å². The number of anilines is 1. The fourth-order valence-corrected chi connectivity index (χ4v) is 2.12. The lowest BCUT2D eigenvalue weighted by Gasteiger charge is -2.19. The molecule has 0 aliphatic rings. The van der Waals surface area contributed by atoms with Gasteiger partial charge in [0.25, 0.3) is 0 Å². The fraction of sp³-hybridized carbons (Fsp3) is 0.438. The predicted octanol–water partition coefficient (Wildman–Crippen LogP) is 3.39. The Morgan fingerprint density at radius 3 is 2.62 bits per heavy atom. The van der Waals surface area contributed by atoms with E-state index >= 15 is 0 Å². The lowest BCUT2D eigenvalue weighted by atomic mass is 10.1. The smallest absolute Gasteiger partial charge is 0.142 e. The molecule has 110 valence electrons. The molecule has 0 spiro atoms. The number of nitriles is 1. The predicted molar refractivity (Wildman–Crippen MR) is 82.9 cm³/mol. The number of pyridine rings is 1. The van der Waals surface area contributed by atoms with Crippen LogP contribution in [-0.4, -0.2) is 14.8 Å². The number of hydrogen-bond donors (Lipinski definition) is 1. The molecule has 1 unspecified atom stereocenters. The Hall–Kier alpha value is -2.35. The van der Waals surface area contributed by atoms with Crippen molar-refractivity contribution < 1.29 is 0 Å². The Balaban J connectivity index is 2.22. The van der Waals surface area contributed by atoms with Crippen molar-refractivity contribution in [3.63, 3.8) is 0 Å². The van der Waals surface area contributed by atoms with E-state index in [-0.39, 0.29) is 11.6 Å². The van der Waals surface area contributed by atoms with Crippen molar-refractivity contribution in [3.8, 4) is 6.07 Å². The number of aryl methyl sites for hydroxylation is 1. The minimum absolute atomic E-state index is 0.0400. The first-order chi connectivity index (χ1) is 9.81. The maximum Gasteiger partial charge on any atom is 0.142 e. The Kier molecular flexibility index (Phi) is 3.99. The van der Waals surface area contributed by atoms with Gasteiger partial charge in [-0.15, -0.1) is 0 Å². The summed E-state index contributed by atoms with van der Waals surface area (Å²) in [6, 6.07) is 7.50. The first kappa shape index (κ1) is 15.0. The largest absolute Gasteiger partial charge is 0.363 e. The molecule has 0 radical (unpaired) electrons. The molecule has 0 aromatic carbocycles. The molecule has 2 aromatic rings. The molecule has 2 rings (SSSR count). The second kappa shape index (κ2) is 5.57. The highest BCUT2D eigenvalue weighted by atomic mass is 15.3. The van der Waals surface area contributed by atoms with E-state index in [1.54, 1.807) is 6.07 Å². The summed E-state index contributed by atoms with van der Waals surface area (Å²) in [4.78, 5) is 4.24. The molecule has 2 aromatic heterocycles. The van der Waals surface area contributed by atoms with Gasteiger partial charge in [0.2, 0.25) is 0 Å². The van der Waals surface area contributed by atoms with Gasteiger partial charge < -0.3 is 5.32 Å². The maximum absolute atomic E-state index is 8.90. The summed E-state index contributed by atoms with van der Waals surface area (Å²) in [7, 11) is 0. The van der Waals surface area contributed by atoms with Crippen LogP contribution in [-0.2, 0) is 5.54 Å². The van der Waals surface area contributed by atoms with Crippen LogP contribution in [0.3, 0.4) is 0 Å². The van der Waals surface area contributed by atoms with Crippen LogP contribution in [0.5, 0.6) is 0 Å². The van der Waals surface area contributed by atoms with Crippen molar-refractivity contribution in [1.82, 2.24) is 14.8 Å². The Labute approximate surface area is 125 Å². The van der Waals surface area contributed by atoms with Gasteiger partial charge in [0.15, 0.2) is 0 Å². The number of nitrogens with one attached hydrogen (secondary N) is 1. The number of nitrogens with zero attached hydrogens (tertiary/aromatic N) is 4. The SMILES string of the molecule is Cc1nn(C(C)(C)C)cc1C(C)Nc1cccc(C#N)n1. The quantitative estimate of drug-likeness (QED) is 0.937. The molecule has 5 nitrogen and oxygen atoms in total. The zero-order valence-electron chi connectivity index (χ0n) is 13.2. The topological polar surface area (TPSA) is 66.5 Å². The summed E-state index contributed by atoms with van der Waals surface area (Å²) in [6.07, 6.45) is 2.07. The van der Waals surface area contributed by atoms with Gasteiger partial charge in [-0.2, -0.15) is 10.4 Å². The molecule has 0 amide bonds. The fourth-order valence-electron chi connectivity index (χ4n) is 2.12. The highest BCUT2D eigenvalue weighted by Crippen LogP contribution is 2.23. The Bertz CT molecular complexity index is 673. The van der Waals surface area contributed by atoms with Crippen LogP contribution in [0.15, 0.2) is 24.4 Å². The van der Waals surface area contributed by atoms with Crippen LogP contribution in [0.2, 0.25) is 0 Å². The summed E-state index contributed by atoms with van der Waals surface area (Å²) in [5.74, 6) is 0.699. The van der Waals surface area contributed by atoms with E-state index in [4.69, 9.17) is 5.26 Å². The third kappa shape index (κ3) is 3.40. The van der Waals surface area contributed by atoms with Crippen LogP contribution in [0.25, 0.3) is 0 Å². The maximum atomic E-state index is 8.90. The molecule has 0 aliphatic heterocycles. The molecule has 0 bridgehead atoms. The van der Waals surface area contributed by atoms with Gasteiger partial charge in [-0.25, -0.2) is 4.98 Å². The number of hydrogen-bond acceptors (Lipinski definition) is 4. The van der Waals surface area contributed by atoms with Crippen molar-refractivity contribution in [2.45, 2.75) is 46.2 Å². The minimum atomic E-state index is -0.0400. The zero-order valence-corrected chi connectivity index (χ0v) is 13.2. The number of aromatic nitrogens is 3. The zero-order chi connectivity index (χ0) is 15.6. The molecule has 1 N–H and O–H groups in total. The second-order valence-electron chi connectivity index (χ2n) is 6.17. The molecule has 0 saturated carbocycles. The molecule has 5 heteroatoms. The molecule has 0 fully saturated rings. The molecule has 2 heterocycles. The van der Waals surface area contributed by atoms with Gasteiger partial charge in [0.05, 0.1) is 17.3 Å². The van der Waals surface area contributed by atoms with Gasteiger partial charge >= 0.3 is 0 Å². The normalized spacial score (nSPS) is 12.8. The molecule has 0 aliphatic carbocycles. The van der Waals surface area contributed by atoms with Crippen molar-refractivity contribution in [2.24, 2.45) is 0 Å². The molecule has 0 saturated heterocycles. The minimum Gasteiger partial charge on any atom is -0.363 e. The number of rotatable bonds is 3. The molecule has 1 atom stereocenters. The summed E-state index contributed by atoms with van der Waals surface area (Å²) in [6.45, 7) is 10.4. The van der Waals surface area contributed by atoms with Gasteiger partial charge in [-0.3, -0.25) is 4.68 Å². The van der Waals surface area contributed by atoms with E-state index in [9.17, 15) is 0 Å². The summed E-state index contributed by atoms with van der Waals surface area (Å²) in [5.41, 5.74) is 2.51. The summed E-state index contributed by atoms with van der Waals surface area (Å²) in [5, 5.41) is 16.8. The van der Waals surface area contributed by atoms with E-state index in [1.807, 2.05) is 29.8 Å². The lowest BCUT2D eigenvalue weighted by Crippen LogP contribution is -2.22. The van der Waals surface area contributed by atoms with Crippen molar-refractivity contribution >= 4 is 5.82 Å². The average Bonchev–Trinajstić information content (AvgIpc) is 2.81. The van der Waals surface area contributed by atoms with Crippen LogP contribution < -0.4 is 5.32 Å².